The quantitative estimate of drug-likeness (QED) is 0.506. The molecule has 0 fully saturated rings. The Kier molecular flexibility index (Phi) is 1.80. The lowest BCUT2D eigenvalue weighted by Crippen LogP contribution is -1.77. The van der Waals surface area contributed by atoms with Crippen LogP contribution in [0.4, 0.5) is 0 Å². The van der Waals surface area contributed by atoms with Crippen molar-refractivity contribution < 1.29 is 8.83 Å². The molecular weight excluding hydrogens is 228 g/mol. The Bertz CT molecular complexity index is 812. The minimum Gasteiger partial charge on any atom is -0.456 e. The van der Waals surface area contributed by atoms with E-state index in [2.05, 4.69) is 9.97 Å². The van der Waals surface area contributed by atoms with Gasteiger partial charge in [0.15, 0.2) is 0 Å². The lowest BCUT2D eigenvalue weighted by molar-refractivity contribution is 0.603. The molecule has 4 aromatic rings. The third kappa shape index (κ3) is 1.32. The Balaban J connectivity index is 1.94. The van der Waals surface area contributed by atoms with Crippen LogP contribution in [0.1, 0.15) is 0 Å². The fourth-order valence-electron chi connectivity index (χ4n) is 2.02. The molecule has 0 aliphatic rings. The number of fused-ring (bicyclic) bond motifs is 2. The Hall–Kier alpha value is -2.62. The molecule has 4 nitrogen and oxygen atoms in total. The van der Waals surface area contributed by atoms with Crippen molar-refractivity contribution in [2.45, 2.75) is 0 Å². The van der Waals surface area contributed by atoms with E-state index in [0.29, 0.717) is 5.71 Å². The zero-order chi connectivity index (χ0) is 11.9. The van der Waals surface area contributed by atoms with Crippen LogP contribution in [-0.2, 0) is 0 Å². The first-order valence-electron chi connectivity index (χ1n) is 5.57. The van der Waals surface area contributed by atoms with E-state index in [0.717, 1.165) is 27.7 Å². The summed E-state index contributed by atoms with van der Waals surface area (Å²) in [7, 11) is 0. The van der Waals surface area contributed by atoms with Gasteiger partial charge in [-0.05, 0) is 24.3 Å². The SMILES string of the molecule is c1cc2oc(-c3cnc4occc4c3)cc2cn1. The summed E-state index contributed by atoms with van der Waals surface area (Å²) in [6.07, 6.45) is 6.88. The molecule has 4 aromatic heterocycles. The van der Waals surface area contributed by atoms with Crippen molar-refractivity contribution in [1.29, 1.82) is 0 Å². The van der Waals surface area contributed by atoms with Gasteiger partial charge in [0.25, 0.3) is 0 Å². The summed E-state index contributed by atoms with van der Waals surface area (Å²) < 4.78 is 11.0. The van der Waals surface area contributed by atoms with Gasteiger partial charge in [0.2, 0.25) is 5.71 Å². The predicted octanol–water partition coefficient (Wildman–Crippen LogP) is 3.64. The molecule has 0 bridgehead atoms. The minimum absolute atomic E-state index is 0.636. The molecule has 0 unspecified atom stereocenters. The van der Waals surface area contributed by atoms with Gasteiger partial charge >= 0.3 is 0 Å². The lowest BCUT2D eigenvalue weighted by atomic mass is 10.2. The highest BCUT2D eigenvalue weighted by Crippen LogP contribution is 2.28. The van der Waals surface area contributed by atoms with Gasteiger partial charge in [-0.25, -0.2) is 4.98 Å². The van der Waals surface area contributed by atoms with E-state index in [1.807, 2.05) is 24.3 Å². The number of rotatable bonds is 1. The Morgan fingerprint density at radius 1 is 1.00 bits per heavy atom. The van der Waals surface area contributed by atoms with Gasteiger partial charge in [-0.3, -0.25) is 4.98 Å². The van der Waals surface area contributed by atoms with Crippen molar-refractivity contribution in [3.05, 3.63) is 49.1 Å². The number of pyridine rings is 2. The third-order valence-corrected chi connectivity index (χ3v) is 2.91. The summed E-state index contributed by atoms with van der Waals surface area (Å²) in [5, 5.41) is 1.95. The maximum atomic E-state index is 5.77. The second-order valence-electron chi connectivity index (χ2n) is 4.06. The molecule has 4 heteroatoms. The standard InChI is InChI=1S/C14H8N2O2/c1-3-15-7-11-6-13(18-12(1)11)10-5-9-2-4-17-14(9)16-8-10/h1-8H. The maximum Gasteiger partial charge on any atom is 0.225 e. The maximum absolute atomic E-state index is 5.77. The van der Waals surface area contributed by atoms with E-state index in [4.69, 9.17) is 8.83 Å². The molecule has 4 heterocycles. The van der Waals surface area contributed by atoms with Crippen molar-refractivity contribution in [2.24, 2.45) is 0 Å². The van der Waals surface area contributed by atoms with E-state index in [-0.39, 0.29) is 0 Å². The summed E-state index contributed by atoms with van der Waals surface area (Å²) >= 11 is 0. The number of hydrogen-bond donors (Lipinski definition) is 0. The number of hydrogen-bond acceptors (Lipinski definition) is 4. The van der Waals surface area contributed by atoms with Crippen LogP contribution >= 0.6 is 0 Å². The van der Waals surface area contributed by atoms with Crippen LogP contribution in [-0.4, -0.2) is 9.97 Å². The van der Waals surface area contributed by atoms with Gasteiger partial charge in [-0.1, -0.05) is 0 Å². The highest BCUT2D eigenvalue weighted by atomic mass is 16.3. The van der Waals surface area contributed by atoms with Gasteiger partial charge < -0.3 is 8.83 Å². The van der Waals surface area contributed by atoms with Crippen molar-refractivity contribution in [3.8, 4) is 11.3 Å². The number of nitrogens with zero attached hydrogens (tertiary/aromatic N) is 2. The van der Waals surface area contributed by atoms with E-state index < -0.39 is 0 Å². The number of aromatic nitrogens is 2. The van der Waals surface area contributed by atoms with Gasteiger partial charge in [-0.2, -0.15) is 0 Å². The van der Waals surface area contributed by atoms with Crippen molar-refractivity contribution >= 4 is 22.1 Å². The summed E-state index contributed by atoms with van der Waals surface area (Å²) in [5.41, 5.74) is 2.39. The molecule has 0 aliphatic heterocycles. The molecule has 0 amide bonds. The first kappa shape index (κ1) is 9.41. The zero-order valence-corrected chi connectivity index (χ0v) is 9.33. The monoisotopic (exact) mass is 236 g/mol. The average molecular weight is 236 g/mol. The normalized spacial score (nSPS) is 11.3. The second-order valence-corrected chi connectivity index (χ2v) is 4.06. The highest BCUT2D eigenvalue weighted by Gasteiger charge is 2.08. The Labute approximate surface area is 102 Å². The van der Waals surface area contributed by atoms with Crippen LogP contribution in [0.25, 0.3) is 33.4 Å². The summed E-state index contributed by atoms with van der Waals surface area (Å²) in [6.45, 7) is 0. The molecule has 0 saturated heterocycles. The molecule has 0 saturated carbocycles. The van der Waals surface area contributed by atoms with E-state index in [1.165, 1.54) is 0 Å². The fraction of sp³-hybridized carbons (Fsp3) is 0. The highest BCUT2D eigenvalue weighted by molar-refractivity contribution is 5.84. The van der Waals surface area contributed by atoms with Crippen molar-refractivity contribution in [1.82, 2.24) is 9.97 Å². The van der Waals surface area contributed by atoms with Crippen molar-refractivity contribution in [3.63, 3.8) is 0 Å². The van der Waals surface area contributed by atoms with Crippen LogP contribution in [0.5, 0.6) is 0 Å². The second kappa shape index (κ2) is 3.43. The van der Waals surface area contributed by atoms with Crippen LogP contribution in [0.15, 0.2) is 58.0 Å². The Morgan fingerprint density at radius 2 is 2.00 bits per heavy atom. The van der Waals surface area contributed by atoms with Crippen LogP contribution < -0.4 is 0 Å². The Morgan fingerprint density at radius 3 is 2.94 bits per heavy atom. The zero-order valence-electron chi connectivity index (χ0n) is 9.33. The van der Waals surface area contributed by atoms with Crippen LogP contribution in [0.2, 0.25) is 0 Å². The molecule has 4 rings (SSSR count). The van der Waals surface area contributed by atoms with E-state index in [1.54, 1.807) is 24.9 Å². The lowest BCUT2D eigenvalue weighted by Gasteiger charge is -1.95. The first-order valence-corrected chi connectivity index (χ1v) is 5.57. The fourth-order valence-corrected chi connectivity index (χ4v) is 2.02. The topological polar surface area (TPSA) is 52.1 Å². The molecule has 86 valence electrons. The summed E-state index contributed by atoms with van der Waals surface area (Å²) in [4.78, 5) is 8.32. The molecule has 0 radical (unpaired) electrons. The molecule has 0 spiro atoms. The average Bonchev–Trinajstić information content (AvgIpc) is 3.04. The number of furan rings is 2. The largest absolute Gasteiger partial charge is 0.456 e. The first-order chi connectivity index (χ1) is 8.90. The van der Waals surface area contributed by atoms with Gasteiger partial charge in [0, 0.05) is 34.9 Å². The van der Waals surface area contributed by atoms with Gasteiger partial charge in [-0.15, -0.1) is 0 Å². The molecule has 0 aliphatic carbocycles. The smallest absolute Gasteiger partial charge is 0.225 e. The van der Waals surface area contributed by atoms with E-state index in [9.17, 15) is 0 Å². The minimum atomic E-state index is 0.636. The van der Waals surface area contributed by atoms with Crippen molar-refractivity contribution in [2.75, 3.05) is 0 Å². The van der Waals surface area contributed by atoms with Gasteiger partial charge in [0.1, 0.15) is 11.3 Å². The molecule has 0 N–H and O–H groups in total. The molecule has 0 aromatic carbocycles. The predicted molar refractivity (Wildman–Crippen MR) is 67.0 cm³/mol. The summed E-state index contributed by atoms with van der Waals surface area (Å²) in [5.74, 6) is 0.786. The van der Waals surface area contributed by atoms with Crippen LogP contribution in [0.3, 0.4) is 0 Å². The van der Waals surface area contributed by atoms with Gasteiger partial charge in [0.05, 0.1) is 6.26 Å². The summed E-state index contributed by atoms with van der Waals surface area (Å²) in [6, 6.07) is 7.70. The third-order valence-electron chi connectivity index (χ3n) is 2.91. The molecule has 18 heavy (non-hydrogen) atoms. The van der Waals surface area contributed by atoms with Crippen LogP contribution in [0, 0.1) is 0 Å². The molecular formula is C14H8N2O2. The van der Waals surface area contributed by atoms with E-state index >= 15 is 0 Å². The molecule has 0 atom stereocenters.